The quantitative estimate of drug-likeness (QED) is 0.707. The summed E-state index contributed by atoms with van der Waals surface area (Å²) in [5.74, 6) is -1.78. The van der Waals surface area contributed by atoms with Crippen LogP contribution in [0.15, 0.2) is 12.4 Å². The molecule has 0 spiro atoms. The van der Waals surface area contributed by atoms with Crippen LogP contribution in [0.5, 0.6) is 0 Å². The molecule has 1 aliphatic rings. The number of aromatic nitrogens is 2. The first-order chi connectivity index (χ1) is 11.0. The molecule has 0 unspecified atom stereocenters. The number of hydrogen-bond donors (Lipinski definition) is 3. The van der Waals surface area contributed by atoms with Crippen molar-refractivity contribution in [2.45, 2.75) is 57.7 Å². The van der Waals surface area contributed by atoms with Gasteiger partial charge in [-0.1, -0.05) is 19.3 Å². The average molecular weight is 322 g/mol. The van der Waals surface area contributed by atoms with E-state index in [1.807, 2.05) is 0 Å². The molecule has 2 amide bonds. The molecule has 0 bridgehead atoms. The largest absolute Gasteiger partial charge is 0.480 e. The van der Waals surface area contributed by atoms with Gasteiger partial charge in [0.05, 0.1) is 11.8 Å². The Bertz CT molecular complexity index is 578. The van der Waals surface area contributed by atoms with E-state index in [2.05, 4.69) is 15.7 Å². The van der Waals surface area contributed by atoms with E-state index in [1.54, 1.807) is 0 Å². The zero-order valence-electron chi connectivity index (χ0n) is 13.1. The van der Waals surface area contributed by atoms with Gasteiger partial charge in [-0.15, -0.1) is 0 Å². The molecular weight excluding hydrogens is 300 g/mol. The summed E-state index contributed by atoms with van der Waals surface area (Å²) < 4.78 is 1.37. The first-order valence-corrected chi connectivity index (χ1v) is 7.81. The van der Waals surface area contributed by atoms with E-state index in [0.717, 1.165) is 25.7 Å². The van der Waals surface area contributed by atoms with Gasteiger partial charge in [-0.2, -0.15) is 5.10 Å². The highest BCUT2D eigenvalue weighted by Gasteiger charge is 2.18. The lowest BCUT2D eigenvalue weighted by Crippen LogP contribution is -2.38. The van der Waals surface area contributed by atoms with Crippen molar-refractivity contribution in [3.63, 3.8) is 0 Å². The molecule has 0 saturated heterocycles. The predicted octanol–water partition coefficient (Wildman–Crippen LogP) is 0.535. The lowest BCUT2D eigenvalue weighted by molar-refractivity contribution is -0.138. The minimum Gasteiger partial charge on any atom is -0.480 e. The smallest absolute Gasteiger partial charge is 0.325 e. The summed E-state index contributed by atoms with van der Waals surface area (Å²) in [6.45, 7) is 1.42. The lowest BCUT2D eigenvalue weighted by atomic mass is 9.95. The molecule has 1 heterocycles. The first kappa shape index (κ1) is 17.0. The molecule has 1 atom stereocenters. The van der Waals surface area contributed by atoms with Crippen LogP contribution in [0.25, 0.3) is 0 Å². The molecule has 0 aliphatic heterocycles. The number of carboxylic acids is 1. The van der Waals surface area contributed by atoms with E-state index >= 15 is 0 Å². The van der Waals surface area contributed by atoms with E-state index in [4.69, 9.17) is 5.11 Å². The van der Waals surface area contributed by atoms with Crippen LogP contribution in [0, 0.1) is 0 Å². The molecule has 1 fully saturated rings. The summed E-state index contributed by atoms with van der Waals surface area (Å²) in [4.78, 5) is 34.5. The Labute approximate surface area is 134 Å². The topological polar surface area (TPSA) is 113 Å². The fourth-order valence-corrected chi connectivity index (χ4v) is 2.58. The van der Waals surface area contributed by atoms with Crippen molar-refractivity contribution in [3.8, 4) is 0 Å². The van der Waals surface area contributed by atoms with Crippen molar-refractivity contribution < 1.29 is 19.5 Å². The van der Waals surface area contributed by atoms with Crippen LogP contribution in [0.2, 0.25) is 0 Å². The molecule has 23 heavy (non-hydrogen) atoms. The molecule has 126 valence electrons. The van der Waals surface area contributed by atoms with Crippen LogP contribution < -0.4 is 10.6 Å². The molecule has 8 heteroatoms. The molecule has 3 N–H and O–H groups in total. The van der Waals surface area contributed by atoms with Crippen molar-refractivity contribution in [2.24, 2.45) is 0 Å². The van der Waals surface area contributed by atoms with Crippen LogP contribution in [-0.4, -0.2) is 44.8 Å². The fourth-order valence-electron chi connectivity index (χ4n) is 2.58. The molecule has 1 aromatic rings. The third-order valence-corrected chi connectivity index (χ3v) is 3.89. The highest BCUT2D eigenvalue weighted by molar-refractivity contribution is 5.96. The minimum absolute atomic E-state index is 0.0399. The molecule has 8 nitrogen and oxygen atoms in total. The summed E-state index contributed by atoms with van der Waals surface area (Å²) in [7, 11) is 0. The number of hydrogen-bond acceptors (Lipinski definition) is 4. The number of nitrogens with zero attached hydrogens (tertiary/aromatic N) is 2. The standard InChI is InChI=1S/C15H22N4O4/c1-10(15(22)23)17-14(21)11-7-16-19(8-11)9-13(20)18-12-5-3-2-4-6-12/h7-8,10,12H,2-6,9H2,1H3,(H,17,21)(H,18,20)(H,22,23)/t10-/m0/s1. The number of amides is 2. The van der Waals surface area contributed by atoms with E-state index in [9.17, 15) is 14.4 Å². The Morgan fingerprint density at radius 3 is 2.70 bits per heavy atom. The van der Waals surface area contributed by atoms with E-state index in [1.165, 1.54) is 30.4 Å². The van der Waals surface area contributed by atoms with E-state index in [0.29, 0.717) is 0 Å². The second-order valence-electron chi connectivity index (χ2n) is 5.86. The lowest BCUT2D eigenvalue weighted by Gasteiger charge is -2.22. The van der Waals surface area contributed by atoms with Crippen LogP contribution in [0.3, 0.4) is 0 Å². The number of nitrogens with one attached hydrogen (secondary N) is 2. The highest BCUT2D eigenvalue weighted by atomic mass is 16.4. The second kappa shape index (κ2) is 7.75. The Morgan fingerprint density at radius 1 is 1.35 bits per heavy atom. The first-order valence-electron chi connectivity index (χ1n) is 7.81. The third kappa shape index (κ3) is 5.08. The SMILES string of the molecule is C[C@H](NC(=O)c1cnn(CC(=O)NC2CCCCC2)c1)C(=O)O. The van der Waals surface area contributed by atoms with Gasteiger partial charge in [0, 0.05) is 12.2 Å². The van der Waals surface area contributed by atoms with Gasteiger partial charge >= 0.3 is 5.97 Å². The maximum atomic E-state index is 12.0. The van der Waals surface area contributed by atoms with Crippen molar-refractivity contribution in [2.75, 3.05) is 0 Å². The zero-order valence-corrected chi connectivity index (χ0v) is 13.1. The highest BCUT2D eigenvalue weighted by Crippen LogP contribution is 2.17. The number of carbonyl (C=O) groups excluding carboxylic acids is 2. The summed E-state index contributed by atoms with van der Waals surface area (Å²) in [5.41, 5.74) is 0.226. The van der Waals surface area contributed by atoms with E-state index in [-0.39, 0.29) is 24.1 Å². The van der Waals surface area contributed by atoms with Crippen molar-refractivity contribution >= 4 is 17.8 Å². The molecular formula is C15H22N4O4. The normalized spacial score (nSPS) is 16.6. The average Bonchev–Trinajstić information content (AvgIpc) is 2.96. The Kier molecular flexibility index (Phi) is 5.72. The van der Waals surface area contributed by atoms with Gasteiger partial charge in [-0.3, -0.25) is 19.1 Å². The summed E-state index contributed by atoms with van der Waals surface area (Å²) in [6, 6.07) is -0.758. The predicted molar refractivity (Wildman–Crippen MR) is 81.8 cm³/mol. The van der Waals surface area contributed by atoms with Crippen molar-refractivity contribution in [3.05, 3.63) is 18.0 Å². The summed E-state index contributed by atoms with van der Waals surface area (Å²) in [6.07, 6.45) is 8.26. The van der Waals surface area contributed by atoms with Crippen LogP contribution in [0.4, 0.5) is 0 Å². The molecule has 2 rings (SSSR count). The van der Waals surface area contributed by atoms with Gasteiger partial charge in [0.25, 0.3) is 5.91 Å². The number of carboxylic acid groups (broad SMARTS) is 1. The van der Waals surface area contributed by atoms with Crippen LogP contribution >= 0.6 is 0 Å². The van der Waals surface area contributed by atoms with Crippen molar-refractivity contribution in [1.29, 1.82) is 0 Å². The van der Waals surface area contributed by atoms with Gasteiger partial charge in [0.15, 0.2) is 0 Å². The maximum absolute atomic E-state index is 12.0. The zero-order chi connectivity index (χ0) is 16.8. The van der Waals surface area contributed by atoms with E-state index < -0.39 is 17.9 Å². The molecule has 0 radical (unpaired) electrons. The maximum Gasteiger partial charge on any atom is 0.325 e. The van der Waals surface area contributed by atoms with Gasteiger partial charge in [-0.25, -0.2) is 0 Å². The Morgan fingerprint density at radius 2 is 2.04 bits per heavy atom. The van der Waals surface area contributed by atoms with Gasteiger partial charge in [0.1, 0.15) is 12.6 Å². The Hall–Kier alpha value is -2.38. The van der Waals surface area contributed by atoms with Gasteiger partial charge < -0.3 is 15.7 Å². The molecule has 1 aromatic heterocycles. The van der Waals surface area contributed by atoms with Gasteiger partial charge in [0.2, 0.25) is 5.91 Å². The number of carbonyl (C=O) groups is 3. The molecule has 1 aliphatic carbocycles. The Balaban J connectivity index is 1.85. The summed E-state index contributed by atoms with van der Waals surface area (Å²) in [5, 5.41) is 18.0. The van der Waals surface area contributed by atoms with Crippen molar-refractivity contribution in [1.82, 2.24) is 20.4 Å². The van der Waals surface area contributed by atoms with Gasteiger partial charge in [-0.05, 0) is 19.8 Å². The summed E-state index contributed by atoms with van der Waals surface area (Å²) >= 11 is 0. The third-order valence-electron chi connectivity index (χ3n) is 3.89. The minimum atomic E-state index is -1.11. The fraction of sp³-hybridized carbons (Fsp3) is 0.600. The number of rotatable bonds is 6. The monoisotopic (exact) mass is 322 g/mol. The molecule has 1 saturated carbocycles. The van der Waals surface area contributed by atoms with Crippen LogP contribution in [0.1, 0.15) is 49.4 Å². The van der Waals surface area contributed by atoms with Crippen LogP contribution in [-0.2, 0) is 16.1 Å². The second-order valence-corrected chi connectivity index (χ2v) is 5.86. The number of aliphatic carboxylic acids is 1. The molecule has 0 aromatic carbocycles.